The Bertz CT molecular complexity index is 506. The predicted molar refractivity (Wildman–Crippen MR) is 59.4 cm³/mol. The fourth-order valence-corrected chi connectivity index (χ4v) is 1.82. The fourth-order valence-electron chi connectivity index (χ4n) is 1.82. The summed E-state index contributed by atoms with van der Waals surface area (Å²) < 4.78 is 26.4. The second-order valence-corrected chi connectivity index (χ2v) is 3.95. The molecule has 1 fully saturated rings. The van der Waals surface area contributed by atoms with E-state index in [0.717, 1.165) is 6.07 Å². The first-order valence-electron chi connectivity index (χ1n) is 5.23. The Hall–Kier alpha value is -1.93. The molecule has 1 amide bonds. The molecule has 2 nitrogen and oxygen atoms in total. The summed E-state index contributed by atoms with van der Waals surface area (Å²) in [5.41, 5.74) is 2.67. The van der Waals surface area contributed by atoms with E-state index in [4.69, 9.17) is 0 Å². The summed E-state index contributed by atoms with van der Waals surface area (Å²) in [6, 6.07) is 3.95. The van der Waals surface area contributed by atoms with Crippen molar-refractivity contribution in [2.24, 2.45) is 0 Å². The van der Waals surface area contributed by atoms with Gasteiger partial charge in [0.05, 0.1) is 0 Å². The zero-order chi connectivity index (χ0) is 12.4. The highest BCUT2D eigenvalue weighted by Gasteiger charge is 2.41. The smallest absolute Gasteiger partial charge is 0.251 e. The van der Waals surface area contributed by atoms with E-state index >= 15 is 0 Å². The molecule has 0 spiro atoms. The average molecular weight is 235 g/mol. The number of carbonyl (C=O) groups is 1. The highest BCUT2D eigenvalue weighted by molar-refractivity contribution is 5.87. The Morgan fingerprint density at radius 1 is 1.53 bits per heavy atom. The van der Waals surface area contributed by atoms with Crippen molar-refractivity contribution in [2.75, 3.05) is 0 Å². The maximum atomic E-state index is 13.4. The minimum Gasteiger partial charge on any atom is -0.349 e. The monoisotopic (exact) mass is 235 g/mol. The highest BCUT2D eigenvalue weighted by atomic mass is 19.2. The van der Waals surface area contributed by atoms with Crippen molar-refractivity contribution in [1.29, 1.82) is 0 Å². The molecule has 0 radical (unpaired) electrons. The van der Waals surface area contributed by atoms with Crippen LogP contribution in [0, 0.1) is 11.6 Å². The van der Waals surface area contributed by atoms with Gasteiger partial charge in [0.1, 0.15) is 0 Å². The van der Waals surface area contributed by atoms with Crippen LogP contribution in [0.15, 0.2) is 36.6 Å². The summed E-state index contributed by atoms with van der Waals surface area (Å²) in [7, 11) is 0. The summed E-state index contributed by atoms with van der Waals surface area (Å²) in [4.78, 5) is 11.2. The van der Waals surface area contributed by atoms with Crippen molar-refractivity contribution in [3.05, 3.63) is 53.8 Å². The Morgan fingerprint density at radius 3 is 3.00 bits per heavy atom. The summed E-state index contributed by atoms with van der Waals surface area (Å²) in [6.45, 7) is 3.28. The van der Waals surface area contributed by atoms with Crippen LogP contribution in [0.4, 0.5) is 8.78 Å². The zero-order valence-corrected chi connectivity index (χ0v) is 9.04. The molecule has 4 heteroatoms. The average Bonchev–Trinajstić information content (AvgIpc) is 3.01. The Kier molecular flexibility index (Phi) is 3.07. The van der Waals surface area contributed by atoms with E-state index in [9.17, 15) is 13.6 Å². The SMILES string of the molecule is C=C=CC(=O)N[C@@H]1C[C@H]1c1cccc(F)c1F. The highest BCUT2D eigenvalue weighted by Crippen LogP contribution is 2.42. The van der Waals surface area contributed by atoms with Crippen LogP contribution in [-0.2, 0) is 4.79 Å². The zero-order valence-electron chi connectivity index (χ0n) is 9.04. The first kappa shape index (κ1) is 11.6. The number of amides is 1. The largest absolute Gasteiger partial charge is 0.349 e. The van der Waals surface area contributed by atoms with E-state index in [1.165, 1.54) is 12.1 Å². The normalized spacial score (nSPS) is 21.5. The lowest BCUT2D eigenvalue weighted by atomic mass is 10.1. The van der Waals surface area contributed by atoms with E-state index in [1.807, 2.05) is 0 Å². The summed E-state index contributed by atoms with van der Waals surface area (Å²) in [5.74, 6) is -2.14. The van der Waals surface area contributed by atoms with Crippen LogP contribution in [0.1, 0.15) is 17.9 Å². The number of rotatable bonds is 3. The number of nitrogens with one attached hydrogen (secondary N) is 1. The van der Waals surface area contributed by atoms with E-state index in [-0.39, 0.29) is 17.9 Å². The first-order chi connectivity index (χ1) is 8.13. The Morgan fingerprint density at radius 2 is 2.29 bits per heavy atom. The fraction of sp³-hybridized carbons (Fsp3) is 0.231. The number of benzene rings is 1. The summed E-state index contributed by atoms with van der Waals surface area (Å²) in [5, 5.41) is 2.66. The molecule has 0 bridgehead atoms. The third kappa shape index (κ3) is 2.43. The van der Waals surface area contributed by atoms with Crippen molar-refractivity contribution in [3.8, 4) is 0 Å². The van der Waals surface area contributed by atoms with Crippen molar-refractivity contribution in [1.82, 2.24) is 5.32 Å². The van der Waals surface area contributed by atoms with Gasteiger partial charge in [0, 0.05) is 18.0 Å². The third-order valence-electron chi connectivity index (χ3n) is 2.73. The van der Waals surface area contributed by atoms with Crippen LogP contribution in [0.25, 0.3) is 0 Å². The molecule has 17 heavy (non-hydrogen) atoms. The minimum atomic E-state index is -0.856. The molecule has 0 aromatic heterocycles. The van der Waals surface area contributed by atoms with Gasteiger partial charge in [-0.2, -0.15) is 0 Å². The molecule has 1 aromatic carbocycles. The van der Waals surface area contributed by atoms with Crippen LogP contribution in [0.5, 0.6) is 0 Å². The van der Waals surface area contributed by atoms with Gasteiger partial charge < -0.3 is 5.32 Å². The summed E-state index contributed by atoms with van der Waals surface area (Å²) >= 11 is 0. The molecule has 1 aliphatic carbocycles. The number of hydrogen-bond acceptors (Lipinski definition) is 1. The quantitative estimate of drug-likeness (QED) is 0.632. The third-order valence-corrected chi connectivity index (χ3v) is 2.73. The molecule has 0 unspecified atom stereocenters. The molecule has 0 heterocycles. The van der Waals surface area contributed by atoms with Gasteiger partial charge in [-0.3, -0.25) is 4.79 Å². The minimum absolute atomic E-state index is 0.136. The molecule has 88 valence electrons. The maximum Gasteiger partial charge on any atom is 0.251 e. The van der Waals surface area contributed by atoms with Gasteiger partial charge in [0.2, 0.25) is 0 Å². The van der Waals surface area contributed by atoms with Crippen LogP contribution >= 0.6 is 0 Å². The van der Waals surface area contributed by atoms with E-state index in [2.05, 4.69) is 17.6 Å². The molecule has 1 aliphatic rings. The Labute approximate surface area is 97.6 Å². The van der Waals surface area contributed by atoms with Crippen LogP contribution in [0.3, 0.4) is 0 Å². The van der Waals surface area contributed by atoms with Crippen molar-refractivity contribution in [3.63, 3.8) is 0 Å². The van der Waals surface area contributed by atoms with Gasteiger partial charge in [-0.05, 0) is 18.1 Å². The van der Waals surface area contributed by atoms with Gasteiger partial charge >= 0.3 is 0 Å². The predicted octanol–water partition coefficient (Wildman–Crippen LogP) is 2.28. The number of carbonyl (C=O) groups excluding carboxylic acids is 1. The van der Waals surface area contributed by atoms with Gasteiger partial charge in [0.25, 0.3) is 5.91 Å². The Balaban J connectivity index is 2.05. The van der Waals surface area contributed by atoms with E-state index in [0.29, 0.717) is 12.0 Å². The molecular formula is C13H11F2NO. The standard InChI is InChI=1S/C13H11F2NO/c1-2-4-12(17)16-11-7-9(11)8-5-3-6-10(14)13(8)15/h3-6,9,11H,1,7H2,(H,16,17)/t9-,11+/m0/s1. The molecule has 1 saturated carbocycles. The van der Waals surface area contributed by atoms with Gasteiger partial charge in [-0.1, -0.05) is 18.7 Å². The van der Waals surface area contributed by atoms with Gasteiger partial charge in [-0.25, -0.2) is 8.78 Å². The maximum absolute atomic E-state index is 13.4. The molecule has 2 atom stereocenters. The molecule has 2 rings (SSSR count). The number of halogens is 2. The van der Waals surface area contributed by atoms with E-state index < -0.39 is 11.6 Å². The van der Waals surface area contributed by atoms with Crippen molar-refractivity contribution in [2.45, 2.75) is 18.4 Å². The first-order valence-corrected chi connectivity index (χ1v) is 5.23. The topological polar surface area (TPSA) is 29.1 Å². The van der Waals surface area contributed by atoms with Crippen LogP contribution < -0.4 is 5.32 Å². The van der Waals surface area contributed by atoms with Crippen LogP contribution in [-0.4, -0.2) is 11.9 Å². The number of hydrogen-bond donors (Lipinski definition) is 1. The van der Waals surface area contributed by atoms with E-state index in [1.54, 1.807) is 6.07 Å². The molecular weight excluding hydrogens is 224 g/mol. The second-order valence-electron chi connectivity index (χ2n) is 3.95. The lowest BCUT2D eigenvalue weighted by Crippen LogP contribution is -2.24. The molecule has 1 aromatic rings. The van der Waals surface area contributed by atoms with Gasteiger partial charge in [-0.15, -0.1) is 5.73 Å². The van der Waals surface area contributed by atoms with Crippen molar-refractivity contribution >= 4 is 5.91 Å². The molecule has 0 saturated heterocycles. The lowest BCUT2D eigenvalue weighted by molar-refractivity contribution is -0.116. The molecule has 0 aliphatic heterocycles. The summed E-state index contributed by atoms with van der Waals surface area (Å²) in [6.07, 6.45) is 1.80. The lowest BCUT2D eigenvalue weighted by Gasteiger charge is -2.03. The van der Waals surface area contributed by atoms with Gasteiger partial charge in [0.15, 0.2) is 11.6 Å². The second kappa shape index (κ2) is 4.52. The van der Waals surface area contributed by atoms with Crippen molar-refractivity contribution < 1.29 is 13.6 Å². The van der Waals surface area contributed by atoms with Crippen LogP contribution in [0.2, 0.25) is 0 Å². The molecule has 1 N–H and O–H groups in total.